The third kappa shape index (κ3) is 4.05. The van der Waals surface area contributed by atoms with E-state index in [1.165, 1.54) is 17.5 Å². The molecule has 15 heavy (non-hydrogen) atoms. The highest BCUT2D eigenvalue weighted by molar-refractivity contribution is 5.25. The maximum Gasteiger partial charge on any atom is 0.0178 e. The van der Waals surface area contributed by atoms with Gasteiger partial charge in [0.2, 0.25) is 0 Å². The Hall–Kier alpha value is -0.820. The van der Waals surface area contributed by atoms with Crippen LogP contribution in [0.3, 0.4) is 0 Å². The van der Waals surface area contributed by atoms with E-state index in [0.29, 0.717) is 17.9 Å². The Balaban J connectivity index is 2.70. The van der Waals surface area contributed by atoms with Crippen LogP contribution in [0.1, 0.15) is 51.2 Å². The Morgan fingerprint density at radius 3 is 2.07 bits per heavy atom. The van der Waals surface area contributed by atoms with E-state index < -0.39 is 0 Å². The minimum atomic E-state index is 0.395. The van der Waals surface area contributed by atoms with E-state index in [0.717, 1.165) is 0 Å². The molecule has 0 aliphatic rings. The summed E-state index contributed by atoms with van der Waals surface area (Å²) in [6.07, 6.45) is 1.22. The lowest BCUT2D eigenvalue weighted by Gasteiger charge is -2.23. The zero-order valence-electron chi connectivity index (χ0n) is 10.4. The van der Waals surface area contributed by atoms with Gasteiger partial charge >= 0.3 is 0 Å². The second kappa shape index (κ2) is 4.80. The summed E-state index contributed by atoms with van der Waals surface area (Å²) >= 11 is 0. The Kier molecular flexibility index (Phi) is 3.92. The van der Waals surface area contributed by atoms with Gasteiger partial charge in [-0.2, -0.15) is 0 Å². The van der Waals surface area contributed by atoms with E-state index >= 15 is 0 Å². The molecule has 1 unspecified atom stereocenters. The largest absolute Gasteiger partial charge is 0.326 e. The predicted molar refractivity (Wildman–Crippen MR) is 66.8 cm³/mol. The van der Waals surface area contributed by atoms with Gasteiger partial charge in [0.25, 0.3) is 0 Å². The predicted octanol–water partition coefficient (Wildman–Crippen LogP) is 3.69. The molecule has 1 heteroatoms. The van der Waals surface area contributed by atoms with Crippen molar-refractivity contribution >= 4 is 0 Å². The van der Waals surface area contributed by atoms with Gasteiger partial charge in [-0.05, 0) is 28.9 Å². The molecule has 0 bridgehead atoms. The average Bonchev–Trinajstić information content (AvgIpc) is 2.15. The van der Waals surface area contributed by atoms with Crippen LogP contribution in [0, 0.1) is 5.41 Å². The minimum Gasteiger partial charge on any atom is -0.326 e. The fraction of sp³-hybridized carbons (Fsp3) is 0.571. The minimum absolute atomic E-state index is 0.395. The van der Waals surface area contributed by atoms with Crippen LogP contribution in [0.2, 0.25) is 0 Å². The summed E-state index contributed by atoms with van der Waals surface area (Å²) in [6, 6.07) is 8.68. The molecule has 0 spiro atoms. The highest BCUT2D eigenvalue weighted by Gasteiger charge is 2.16. The SMILES string of the molecule is CC(CC(C)(C)C)c1ccc(CN)cc1. The Bertz CT molecular complexity index is 292. The average molecular weight is 205 g/mol. The molecule has 84 valence electrons. The van der Waals surface area contributed by atoms with Gasteiger partial charge < -0.3 is 5.73 Å². The number of nitrogens with two attached hydrogens (primary N) is 1. The van der Waals surface area contributed by atoms with Crippen LogP contribution in [0.5, 0.6) is 0 Å². The van der Waals surface area contributed by atoms with Gasteiger partial charge in [-0.15, -0.1) is 0 Å². The maximum atomic E-state index is 5.58. The number of benzene rings is 1. The van der Waals surface area contributed by atoms with Gasteiger partial charge in [0.05, 0.1) is 0 Å². The van der Waals surface area contributed by atoms with Gasteiger partial charge in [0, 0.05) is 6.54 Å². The zero-order chi connectivity index (χ0) is 11.5. The summed E-state index contributed by atoms with van der Waals surface area (Å²) in [4.78, 5) is 0. The lowest BCUT2D eigenvalue weighted by atomic mass is 9.82. The van der Waals surface area contributed by atoms with Crippen molar-refractivity contribution in [1.29, 1.82) is 0 Å². The summed E-state index contributed by atoms with van der Waals surface area (Å²) in [5.41, 5.74) is 8.60. The van der Waals surface area contributed by atoms with Gasteiger partial charge in [0.1, 0.15) is 0 Å². The van der Waals surface area contributed by atoms with Crippen molar-refractivity contribution in [2.45, 2.75) is 46.6 Å². The van der Waals surface area contributed by atoms with E-state index in [9.17, 15) is 0 Å². The van der Waals surface area contributed by atoms with Crippen LogP contribution >= 0.6 is 0 Å². The summed E-state index contributed by atoms with van der Waals surface area (Å²) in [5.74, 6) is 0.622. The first-order valence-corrected chi connectivity index (χ1v) is 5.71. The quantitative estimate of drug-likeness (QED) is 0.800. The van der Waals surface area contributed by atoms with E-state index in [1.807, 2.05) is 0 Å². The molecule has 1 rings (SSSR count). The molecular formula is C14H23N. The van der Waals surface area contributed by atoms with Gasteiger partial charge in [-0.25, -0.2) is 0 Å². The molecule has 0 aliphatic heterocycles. The molecule has 1 atom stereocenters. The van der Waals surface area contributed by atoms with E-state index in [1.54, 1.807) is 0 Å². The van der Waals surface area contributed by atoms with Crippen molar-refractivity contribution in [3.8, 4) is 0 Å². The van der Waals surface area contributed by atoms with Crippen LogP contribution in [0.4, 0.5) is 0 Å². The molecule has 0 fully saturated rings. The Morgan fingerprint density at radius 2 is 1.67 bits per heavy atom. The molecule has 0 amide bonds. The van der Waals surface area contributed by atoms with Crippen LogP contribution in [0.15, 0.2) is 24.3 Å². The van der Waals surface area contributed by atoms with Crippen molar-refractivity contribution in [1.82, 2.24) is 0 Å². The zero-order valence-corrected chi connectivity index (χ0v) is 10.4. The third-order valence-electron chi connectivity index (χ3n) is 2.70. The molecule has 0 saturated heterocycles. The smallest absolute Gasteiger partial charge is 0.0178 e. The number of rotatable bonds is 3. The summed E-state index contributed by atoms with van der Waals surface area (Å²) < 4.78 is 0. The van der Waals surface area contributed by atoms with Gasteiger partial charge in [0.15, 0.2) is 0 Å². The lowest BCUT2D eigenvalue weighted by molar-refractivity contribution is 0.349. The van der Waals surface area contributed by atoms with Crippen LogP contribution in [-0.4, -0.2) is 0 Å². The van der Waals surface area contributed by atoms with E-state index in [-0.39, 0.29) is 0 Å². The standard InChI is InChI=1S/C14H23N/c1-11(9-14(2,3)4)13-7-5-12(10-15)6-8-13/h5-8,11H,9-10,15H2,1-4H3. The highest BCUT2D eigenvalue weighted by Crippen LogP contribution is 2.30. The van der Waals surface area contributed by atoms with E-state index in [2.05, 4.69) is 52.0 Å². The molecule has 2 N–H and O–H groups in total. The summed E-state index contributed by atoms with van der Waals surface area (Å²) in [5, 5.41) is 0. The molecule has 0 heterocycles. The Morgan fingerprint density at radius 1 is 1.13 bits per heavy atom. The number of hydrogen-bond donors (Lipinski definition) is 1. The fourth-order valence-corrected chi connectivity index (χ4v) is 2.02. The van der Waals surface area contributed by atoms with Crippen molar-refractivity contribution in [2.24, 2.45) is 11.1 Å². The van der Waals surface area contributed by atoms with Crippen molar-refractivity contribution < 1.29 is 0 Å². The maximum absolute atomic E-state index is 5.58. The summed E-state index contributed by atoms with van der Waals surface area (Å²) in [7, 11) is 0. The molecule has 1 aromatic carbocycles. The second-order valence-electron chi connectivity index (χ2n) is 5.61. The van der Waals surface area contributed by atoms with Gasteiger partial charge in [-0.1, -0.05) is 52.0 Å². The van der Waals surface area contributed by atoms with Crippen LogP contribution in [0.25, 0.3) is 0 Å². The van der Waals surface area contributed by atoms with E-state index in [4.69, 9.17) is 5.73 Å². The van der Waals surface area contributed by atoms with Crippen molar-refractivity contribution in [3.63, 3.8) is 0 Å². The Labute approximate surface area is 93.7 Å². The summed E-state index contributed by atoms with van der Waals surface area (Å²) in [6.45, 7) is 9.80. The lowest BCUT2D eigenvalue weighted by Crippen LogP contribution is -2.10. The molecule has 1 nitrogen and oxygen atoms in total. The normalized spacial score (nSPS) is 13.9. The first kappa shape index (κ1) is 12.3. The first-order valence-electron chi connectivity index (χ1n) is 5.71. The second-order valence-corrected chi connectivity index (χ2v) is 5.61. The fourth-order valence-electron chi connectivity index (χ4n) is 2.02. The topological polar surface area (TPSA) is 26.0 Å². The van der Waals surface area contributed by atoms with Crippen LogP contribution < -0.4 is 5.73 Å². The molecule has 0 aromatic heterocycles. The molecule has 0 aliphatic carbocycles. The first-order chi connectivity index (χ1) is 6.92. The number of hydrogen-bond acceptors (Lipinski definition) is 1. The molecule has 1 aromatic rings. The van der Waals surface area contributed by atoms with Gasteiger partial charge in [-0.3, -0.25) is 0 Å². The molecular weight excluding hydrogens is 182 g/mol. The highest BCUT2D eigenvalue weighted by atomic mass is 14.5. The van der Waals surface area contributed by atoms with Crippen molar-refractivity contribution in [2.75, 3.05) is 0 Å². The van der Waals surface area contributed by atoms with Crippen LogP contribution in [-0.2, 0) is 6.54 Å². The molecule has 0 saturated carbocycles. The molecule has 0 radical (unpaired) electrons. The monoisotopic (exact) mass is 205 g/mol. The third-order valence-corrected chi connectivity index (χ3v) is 2.70. The van der Waals surface area contributed by atoms with Crippen molar-refractivity contribution in [3.05, 3.63) is 35.4 Å².